The summed E-state index contributed by atoms with van der Waals surface area (Å²) >= 11 is 0. The first-order valence-electron chi connectivity index (χ1n) is 7.10. The molecule has 20 heavy (non-hydrogen) atoms. The molecule has 0 aliphatic carbocycles. The molecule has 0 aromatic heterocycles. The van der Waals surface area contributed by atoms with Crippen molar-refractivity contribution in [3.05, 3.63) is 35.4 Å². The second-order valence-electron chi connectivity index (χ2n) is 5.99. The molecule has 0 bridgehead atoms. The predicted octanol–water partition coefficient (Wildman–Crippen LogP) is 1.25. The average Bonchev–Trinajstić information content (AvgIpc) is 2.66. The lowest BCUT2D eigenvalue weighted by Gasteiger charge is -2.24. The van der Waals surface area contributed by atoms with Gasteiger partial charge in [0, 0.05) is 25.2 Å². The fourth-order valence-electron chi connectivity index (χ4n) is 2.54. The van der Waals surface area contributed by atoms with Crippen LogP contribution in [0.25, 0.3) is 0 Å². The molecule has 1 aromatic carbocycles. The lowest BCUT2D eigenvalue weighted by molar-refractivity contribution is 0.395. The number of hydrogen-bond donors (Lipinski definition) is 2. The maximum atomic E-state index is 11.5. The Balaban J connectivity index is 1.66. The molecule has 2 N–H and O–H groups in total. The van der Waals surface area contributed by atoms with E-state index in [0.717, 1.165) is 19.6 Å². The van der Waals surface area contributed by atoms with E-state index in [1.807, 2.05) is 6.92 Å². The SMILES string of the molecule is Cc1ccc(CNCCN[C@]2(C)CCS(=O)(=O)C2)cc1. The van der Waals surface area contributed by atoms with Crippen LogP contribution in [0.3, 0.4) is 0 Å². The number of hydrogen-bond acceptors (Lipinski definition) is 4. The van der Waals surface area contributed by atoms with E-state index in [1.165, 1.54) is 11.1 Å². The Bertz CT molecular complexity index is 539. The van der Waals surface area contributed by atoms with Gasteiger partial charge in [0.2, 0.25) is 0 Å². The highest BCUT2D eigenvalue weighted by Gasteiger charge is 2.37. The Labute approximate surface area is 121 Å². The summed E-state index contributed by atoms with van der Waals surface area (Å²) in [6.07, 6.45) is 0.716. The van der Waals surface area contributed by atoms with Gasteiger partial charge in [0.1, 0.15) is 0 Å². The van der Waals surface area contributed by atoms with Crippen molar-refractivity contribution in [2.75, 3.05) is 24.6 Å². The molecule has 1 aliphatic rings. The van der Waals surface area contributed by atoms with Gasteiger partial charge in [-0.3, -0.25) is 0 Å². The van der Waals surface area contributed by atoms with Gasteiger partial charge >= 0.3 is 0 Å². The largest absolute Gasteiger partial charge is 0.311 e. The van der Waals surface area contributed by atoms with Gasteiger partial charge in [-0.1, -0.05) is 29.8 Å². The Morgan fingerprint density at radius 2 is 1.90 bits per heavy atom. The third-order valence-corrected chi connectivity index (χ3v) is 5.71. The summed E-state index contributed by atoms with van der Waals surface area (Å²) in [6, 6.07) is 8.47. The third kappa shape index (κ3) is 4.58. The van der Waals surface area contributed by atoms with Crippen LogP contribution in [0.5, 0.6) is 0 Å². The van der Waals surface area contributed by atoms with Crippen LogP contribution in [0.2, 0.25) is 0 Å². The van der Waals surface area contributed by atoms with Crippen LogP contribution in [0.15, 0.2) is 24.3 Å². The van der Waals surface area contributed by atoms with E-state index in [1.54, 1.807) is 0 Å². The summed E-state index contributed by atoms with van der Waals surface area (Å²) in [5.41, 5.74) is 2.29. The molecule has 0 saturated carbocycles. The van der Waals surface area contributed by atoms with Crippen molar-refractivity contribution >= 4 is 9.84 Å². The van der Waals surface area contributed by atoms with E-state index in [0.29, 0.717) is 12.2 Å². The quantitative estimate of drug-likeness (QED) is 0.776. The summed E-state index contributed by atoms with van der Waals surface area (Å²) in [5, 5.41) is 6.74. The highest BCUT2D eigenvalue weighted by atomic mass is 32.2. The highest BCUT2D eigenvalue weighted by molar-refractivity contribution is 7.91. The number of rotatable bonds is 6. The maximum absolute atomic E-state index is 11.5. The minimum atomic E-state index is -2.83. The lowest BCUT2D eigenvalue weighted by Crippen LogP contribution is -2.46. The zero-order chi connectivity index (χ0) is 14.6. The van der Waals surface area contributed by atoms with Crippen molar-refractivity contribution < 1.29 is 8.42 Å². The minimum absolute atomic E-state index is 0.246. The minimum Gasteiger partial charge on any atom is -0.311 e. The van der Waals surface area contributed by atoms with Crippen LogP contribution >= 0.6 is 0 Å². The van der Waals surface area contributed by atoms with E-state index in [2.05, 4.69) is 41.8 Å². The van der Waals surface area contributed by atoms with Gasteiger partial charge in [0.15, 0.2) is 9.84 Å². The first kappa shape index (κ1) is 15.5. The van der Waals surface area contributed by atoms with Crippen LogP contribution in [-0.4, -0.2) is 38.6 Å². The fraction of sp³-hybridized carbons (Fsp3) is 0.600. The number of nitrogens with one attached hydrogen (secondary N) is 2. The van der Waals surface area contributed by atoms with Crippen molar-refractivity contribution in [3.8, 4) is 0 Å². The van der Waals surface area contributed by atoms with Gasteiger partial charge in [0.05, 0.1) is 11.5 Å². The van der Waals surface area contributed by atoms with Crippen LogP contribution < -0.4 is 10.6 Å². The second-order valence-corrected chi connectivity index (χ2v) is 8.18. The van der Waals surface area contributed by atoms with Gasteiger partial charge in [-0.15, -0.1) is 0 Å². The second kappa shape index (κ2) is 6.24. The summed E-state index contributed by atoms with van der Waals surface area (Å²) in [5.74, 6) is 0.575. The van der Waals surface area contributed by atoms with E-state index in [9.17, 15) is 8.42 Å². The molecule has 1 atom stereocenters. The van der Waals surface area contributed by atoms with Crippen molar-refractivity contribution in [2.45, 2.75) is 32.4 Å². The molecule has 4 nitrogen and oxygen atoms in total. The first-order chi connectivity index (χ1) is 9.39. The monoisotopic (exact) mass is 296 g/mol. The smallest absolute Gasteiger partial charge is 0.152 e. The molecular weight excluding hydrogens is 272 g/mol. The third-order valence-electron chi connectivity index (χ3n) is 3.81. The standard InChI is InChI=1S/C15H24N2O2S/c1-13-3-5-14(6-4-13)11-16-8-9-17-15(2)7-10-20(18,19)12-15/h3-6,16-17H,7-12H2,1-2H3/t15-/m1/s1. The van der Waals surface area contributed by atoms with Gasteiger partial charge in [0.25, 0.3) is 0 Å². The summed E-state index contributed by atoms with van der Waals surface area (Å²) in [4.78, 5) is 0. The number of aryl methyl sites for hydroxylation is 1. The summed E-state index contributed by atoms with van der Waals surface area (Å²) in [7, 11) is -2.83. The lowest BCUT2D eigenvalue weighted by atomic mass is 10.0. The van der Waals surface area contributed by atoms with Crippen molar-refractivity contribution in [1.82, 2.24) is 10.6 Å². The molecule has 0 unspecified atom stereocenters. The van der Waals surface area contributed by atoms with Crippen LogP contribution in [0.4, 0.5) is 0 Å². The molecule has 0 amide bonds. The molecule has 0 radical (unpaired) electrons. The fourth-order valence-corrected chi connectivity index (χ4v) is 4.66. The molecule has 0 spiro atoms. The van der Waals surface area contributed by atoms with Crippen molar-refractivity contribution in [1.29, 1.82) is 0 Å². The molecule has 1 aromatic rings. The van der Waals surface area contributed by atoms with Gasteiger partial charge < -0.3 is 10.6 Å². The number of benzene rings is 1. The average molecular weight is 296 g/mol. The Morgan fingerprint density at radius 1 is 1.20 bits per heavy atom. The Morgan fingerprint density at radius 3 is 2.50 bits per heavy atom. The van der Waals surface area contributed by atoms with Crippen molar-refractivity contribution in [2.24, 2.45) is 0 Å². The molecule has 5 heteroatoms. The first-order valence-corrected chi connectivity index (χ1v) is 8.92. The zero-order valence-electron chi connectivity index (χ0n) is 12.3. The number of sulfone groups is 1. The summed E-state index contributed by atoms with van der Waals surface area (Å²) in [6.45, 7) is 6.55. The van der Waals surface area contributed by atoms with E-state index in [-0.39, 0.29) is 11.3 Å². The van der Waals surface area contributed by atoms with Crippen molar-refractivity contribution in [3.63, 3.8) is 0 Å². The van der Waals surface area contributed by atoms with Gasteiger partial charge in [-0.2, -0.15) is 0 Å². The summed E-state index contributed by atoms with van der Waals surface area (Å²) < 4.78 is 23.0. The topological polar surface area (TPSA) is 58.2 Å². The highest BCUT2D eigenvalue weighted by Crippen LogP contribution is 2.22. The predicted molar refractivity (Wildman–Crippen MR) is 82.6 cm³/mol. The maximum Gasteiger partial charge on any atom is 0.152 e. The van der Waals surface area contributed by atoms with Gasteiger partial charge in [-0.25, -0.2) is 8.42 Å². The molecule has 2 rings (SSSR count). The zero-order valence-corrected chi connectivity index (χ0v) is 13.1. The Hall–Kier alpha value is -0.910. The van der Waals surface area contributed by atoms with E-state index in [4.69, 9.17) is 0 Å². The van der Waals surface area contributed by atoms with Crippen LogP contribution in [0, 0.1) is 6.92 Å². The normalized spacial score (nSPS) is 24.9. The molecule has 1 heterocycles. The molecular formula is C15H24N2O2S. The van der Waals surface area contributed by atoms with Gasteiger partial charge in [-0.05, 0) is 25.8 Å². The molecule has 112 valence electrons. The van der Waals surface area contributed by atoms with E-state index < -0.39 is 9.84 Å². The molecule has 1 aliphatic heterocycles. The molecule has 1 fully saturated rings. The molecule has 1 saturated heterocycles. The Kier molecular flexibility index (Phi) is 4.83. The van der Waals surface area contributed by atoms with E-state index >= 15 is 0 Å². The van der Waals surface area contributed by atoms with Crippen LogP contribution in [0.1, 0.15) is 24.5 Å². The van der Waals surface area contributed by atoms with Crippen LogP contribution in [-0.2, 0) is 16.4 Å².